The summed E-state index contributed by atoms with van der Waals surface area (Å²) in [6.07, 6.45) is 19.4. The molecule has 0 saturated carbocycles. The Bertz CT molecular complexity index is 358. The number of esters is 1. The topological polar surface area (TPSA) is 66.8 Å². The molecule has 4 nitrogen and oxygen atoms in total. The first-order chi connectivity index (χ1) is 11.2. The normalized spacial score (nSPS) is 13.3. The lowest BCUT2D eigenvalue weighted by molar-refractivity contribution is -0.147. The summed E-state index contributed by atoms with van der Waals surface area (Å²) in [4.78, 5) is 11.3. The number of hydrogen-bond acceptors (Lipinski definition) is 4. The van der Waals surface area contributed by atoms with Crippen molar-refractivity contribution < 1.29 is 19.7 Å². The second-order valence-corrected chi connectivity index (χ2v) is 5.41. The standard InChI is InChI=1S/C19H32O4/c1-2-3-4-5-6-7-8-9-10-11-12-13-14-15-19(22)23-17-18(21)16-20/h3-4,6-7,9-10,18,20-21H,2,5,8,11-17H2,1H3/b4-3-,7-6-,10-9-/t18-/m1/s1. The third kappa shape index (κ3) is 16.8. The molecule has 0 bridgehead atoms. The number of ether oxygens (including phenoxy) is 1. The van der Waals surface area contributed by atoms with Gasteiger partial charge in [-0.2, -0.15) is 0 Å². The third-order valence-corrected chi connectivity index (χ3v) is 3.18. The molecule has 132 valence electrons. The molecule has 0 aromatic heterocycles. The van der Waals surface area contributed by atoms with Crippen molar-refractivity contribution in [2.75, 3.05) is 13.2 Å². The van der Waals surface area contributed by atoms with Gasteiger partial charge in [-0.05, 0) is 38.5 Å². The predicted molar refractivity (Wildman–Crippen MR) is 94.1 cm³/mol. The van der Waals surface area contributed by atoms with E-state index in [9.17, 15) is 4.79 Å². The number of aliphatic hydroxyl groups excluding tert-OH is 2. The molecule has 0 radical (unpaired) electrons. The van der Waals surface area contributed by atoms with E-state index < -0.39 is 6.10 Å². The van der Waals surface area contributed by atoms with Gasteiger partial charge in [0.2, 0.25) is 0 Å². The van der Waals surface area contributed by atoms with Gasteiger partial charge in [0.1, 0.15) is 12.7 Å². The molecule has 4 heteroatoms. The largest absolute Gasteiger partial charge is 0.463 e. The van der Waals surface area contributed by atoms with Crippen molar-refractivity contribution in [3.63, 3.8) is 0 Å². The number of rotatable bonds is 14. The summed E-state index contributed by atoms with van der Waals surface area (Å²) in [5.74, 6) is -0.310. The Kier molecular flexibility index (Phi) is 15.9. The first-order valence-electron chi connectivity index (χ1n) is 8.60. The minimum Gasteiger partial charge on any atom is -0.463 e. The van der Waals surface area contributed by atoms with Gasteiger partial charge in [0.25, 0.3) is 0 Å². The number of hydrogen-bond donors (Lipinski definition) is 2. The molecule has 0 aliphatic heterocycles. The Balaban J connectivity index is 3.39. The Morgan fingerprint density at radius 1 is 1.00 bits per heavy atom. The van der Waals surface area contributed by atoms with Crippen LogP contribution in [0.3, 0.4) is 0 Å². The highest BCUT2D eigenvalue weighted by atomic mass is 16.5. The van der Waals surface area contributed by atoms with Crippen molar-refractivity contribution in [3.05, 3.63) is 36.5 Å². The van der Waals surface area contributed by atoms with Crippen LogP contribution in [0.15, 0.2) is 36.5 Å². The van der Waals surface area contributed by atoms with E-state index in [0.29, 0.717) is 6.42 Å². The highest BCUT2D eigenvalue weighted by molar-refractivity contribution is 5.69. The van der Waals surface area contributed by atoms with Crippen LogP contribution in [0.1, 0.15) is 58.3 Å². The fourth-order valence-electron chi connectivity index (χ4n) is 1.85. The molecule has 0 unspecified atom stereocenters. The summed E-state index contributed by atoms with van der Waals surface area (Å²) in [6, 6.07) is 0. The number of carbonyl (C=O) groups excluding carboxylic acids is 1. The van der Waals surface area contributed by atoms with Crippen molar-refractivity contribution in [2.45, 2.75) is 64.4 Å². The van der Waals surface area contributed by atoms with Crippen LogP contribution >= 0.6 is 0 Å². The van der Waals surface area contributed by atoms with E-state index in [1.54, 1.807) is 0 Å². The molecule has 0 rings (SSSR count). The highest BCUT2D eigenvalue weighted by Gasteiger charge is 2.06. The molecule has 0 aromatic rings. The minimum absolute atomic E-state index is 0.125. The number of unbranched alkanes of at least 4 members (excludes halogenated alkanes) is 3. The van der Waals surface area contributed by atoms with E-state index in [1.165, 1.54) is 0 Å². The zero-order chi connectivity index (χ0) is 17.2. The molecule has 0 heterocycles. The highest BCUT2D eigenvalue weighted by Crippen LogP contribution is 2.05. The lowest BCUT2D eigenvalue weighted by Gasteiger charge is -2.08. The maximum Gasteiger partial charge on any atom is 0.305 e. The zero-order valence-corrected chi connectivity index (χ0v) is 14.3. The van der Waals surface area contributed by atoms with Crippen LogP contribution in [0.25, 0.3) is 0 Å². The minimum atomic E-state index is -0.971. The number of allylic oxidation sites excluding steroid dienone is 6. The molecule has 0 saturated heterocycles. The monoisotopic (exact) mass is 324 g/mol. The van der Waals surface area contributed by atoms with Crippen molar-refractivity contribution in [1.82, 2.24) is 0 Å². The van der Waals surface area contributed by atoms with E-state index in [-0.39, 0.29) is 19.2 Å². The van der Waals surface area contributed by atoms with Crippen LogP contribution in [-0.4, -0.2) is 35.5 Å². The summed E-state index contributed by atoms with van der Waals surface area (Å²) in [5, 5.41) is 17.6. The molecule has 0 aliphatic rings. The van der Waals surface area contributed by atoms with Crippen LogP contribution in [0, 0.1) is 0 Å². The smallest absolute Gasteiger partial charge is 0.305 e. The van der Waals surface area contributed by atoms with Gasteiger partial charge in [0.05, 0.1) is 6.61 Å². The molecule has 2 N–H and O–H groups in total. The van der Waals surface area contributed by atoms with E-state index in [4.69, 9.17) is 14.9 Å². The zero-order valence-electron chi connectivity index (χ0n) is 14.3. The van der Waals surface area contributed by atoms with Crippen molar-refractivity contribution in [1.29, 1.82) is 0 Å². The second kappa shape index (κ2) is 17.0. The van der Waals surface area contributed by atoms with Gasteiger partial charge < -0.3 is 14.9 Å². The molecule has 0 aliphatic carbocycles. The van der Waals surface area contributed by atoms with Gasteiger partial charge in [-0.3, -0.25) is 4.79 Å². The average molecular weight is 324 g/mol. The van der Waals surface area contributed by atoms with E-state index in [2.05, 4.69) is 43.4 Å². The molecule has 0 aromatic carbocycles. The lowest BCUT2D eigenvalue weighted by Crippen LogP contribution is -2.21. The number of aliphatic hydroxyl groups is 2. The summed E-state index contributed by atoms with van der Waals surface area (Å²) in [5.41, 5.74) is 0. The third-order valence-electron chi connectivity index (χ3n) is 3.18. The molecular formula is C19H32O4. The van der Waals surface area contributed by atoms with E-state index in [0.717, 1.165) is 44.9 Å². The van der Waals surface area contributed by atoms with Gasteiger partial charge in [-0.1, -0.05) is 49.8 Å². The Morgan fingerprint density at radius 2 is 1.65 bits per heavy atom. The van der Waals surface area contributed by atoms with Gasteiger partial charge in [0.15, 0.2) is 0 Å². The van der Waals surface area contributed by atoms with Crippen LogP contribution in [0.2, 0.25) is 0 Å². The van der Waals surface area contributed by atoms with Crippen molar-refractivity contribution in [2.24, 2.45) is 0 Å². The van der Waals surface area contributed by atoms with E-state index in [1.807, 2.05) is 0 Å². The first-order valence-corrected chi connectivity index (χ1v) is 8.60. The molecule has 0 spiro atoms. The van der Waals surface area contributed by atoms with Gasteiger partial charge in [-0.25, -0.2) is 0 Å². The fourth-order valence-corrected chi connectivity index (χ4v) is 1.85. The fraction of sp³-hybridized carbons (Fsp3) is 0.632. The quantitative estimate of drug-likeness (QED) is 0.290. The van der Waals surface area contributed by atoms with Crippen LogP contribution in [-0.2, 0) is 9.53 Å². The maximum absolute atomic E-state index is 11.3. The summed E-state index contributed by atoms with van der Waals surface area (Å²) in [7, 11) is 0. The molecule has 0 amide bonds. The predicted octanol–water partition coefficient (Wildman–Crippen LogP) is 3.69. The maximum atomic E-state index is 11.3. The van der Waals surface area contributed by atoms with Gasteiger partial charge in [0, 0.05) is 6.42 Å². The van der Waals surface area contributed by atoms with Crippen LogP contribution < -0.4 is 0 Å². The molecule has 1 atom stereocenters. The number of carbonyl (C=O) groups is 1. The van der Waals surface area contributed by atoms with Crippen molar-refractivity contribution in [3.8, 4) is 0 Å². The summed E-state index contributed by atoms with van der Waals surface area (Å²) in [6.45, 7) is 1.62. The Hall–Kier alpha value is -1.39. The summed E-state index contributed by atoms with van der Waals surface area (Å²) >= 11 is 0. The Morgan fingerprint density at radius 3 is 2.30 bits per heavy atom. The van der Waals surface area contributed by atoms with Crippen LogP contribution in [0.4, 0.5) is 0 Å². The molecular weight excluding hydrogens is 292 g/mol. The SMILES string of the molecule is CC/C=C\C/C=C\C/C=C\CCCCCC(=O)OC[C@H](O)CO. The Labute approximate surface area is 140 Å². The molecule has 23 heavy (non-hydrogen) atoms. The van der Waals surface area contributed by atoms with Gasteiger partial charge in [-0.15, -0.1) is 0 Å². The van der Waals surface area contributed by atoms with Gasteiger partial charge >= 0.3 is 5.97 Å². The molecule has 0 fully saturated rings. The first kappa shape index (κ1) is 21.6. The average Bonchev–Trinajstić information content (AvgIpc) is 2.56. The van der Waals surface area contributed by atoms with E-state index >= 15 is 0 Å². The van der Waals surface area contributed by atoms with Crippen LogP contribution in [0.5, 0.6) is 0 Å². The summed E-state index contributed by atoms with van der Waals surface area (Å²) < 4.78 is 4.83. The lowest BCUT2D eigenvalue weighted by atomic mass is 10.1. The second-order valence-electron chi connectivity index (χ2n) is 5.41. The van der Waals surface area contributed by atoms with Crippen molar-refractivity contribution >= 4 is 5.97 Å².